The minimum Gasteiger partial charge on any atom is -0.404 e. The molecule has 0 aromatic heterocycles. The molecule has 0 unspecified atom stereocenters. The Kier molecular flexibility index (Phi) is 4.65. The maximum Gasteiger partial charge on any atom is 0.573 e. The molecule has 2 N–H and O–H groups in total. The lowest BCUT2D eigenvalue weighted by Crippen LogP contribution is -2.17. The minimum absolute atomic E-state index is 0.0150. The van der Waals surface area contributed by atoms with E-state index in [0.717, 1.165) is 5.56 Å². The van der Waals surface area contributed by atoms with E-state index in [-0.39, 0.29) is 10.8 Å². The first-order valence-corrected chi connectivity index (χ1v) is 5.46. The second-order valence-corrected chi connectivity index (χ2v) is 4.04. The average Bonchev–Trinajstić information content (AvgIpc) is 2.20. The van der Waals surface area contributed by atoms with Gasteiger partial charge in [0, 0.05) is 0 Å². The van der Waals surface area contributed by atoms with Crippen molar-refractivity contribution in [1.29, 1.82) is 0 Å². The van der Waals surface area contributed by atoms with E-state index in [1.807, 2.05) is 0 Å². The van der Waals surface area contributed by atoms with Crippen molar-refractivity contribution in [2.24, 2.45) is 5.73 Å². The molecule has 6 heteroatoms. The lowest BCUT2D eigenvalue weighted by Gasteiger charge is -2.13. The zero-order valence-electron chi connectivity index (χ0n) is 9.27. The Balaban J connectivity index is 2.98. The molecule has 0 aliphatic heterocycles. The predicted octanol–water partition coefficient (Wildman–Crippen LogP) is 3.44. The van der Waals surface area contributed by atoms with Crippen LogP contribution in [0.3, 0.4) is 0 Å². The van der Waals surface area contributed by atoms with E-state index in [4.69, 9.17) is 17.3 Å². The highest BCUT2D eigenvalue weighted by Crippen LogP contribution is 2.33. The largest absolute Gasteiger partial charge is 0.573 e. The summed E-state index contributed by atoms with van der Waals surface area (Å²) in [4.78, 5) is 0. The van der Waals surface area contributed by atoms with E-state index in [0.29, 0.717) is 24.9 Å². The van der Waals surface area contributed by atoms with Gasteiger partial charge in [-0.25, -0.2) is 0 Å². The van der Waals surface area contributed by atoms with Gasteiger partial charge < -0.3 is 10.5 Å². The molecule has 17 heavy (non-hydrogen) atoms. The SMILES string of the molecule is Cc1cc(CCCN)cc(OC(F)(F)F)c1Cl. The summed E-state index contributed by atoms with van der Waals surface area (Å²) in [6, 6.07) is 3.04. The molecule has 1 rings (SSSR count). The summed E-state index contributed by atoms with van der Waals surface area (Å²) in [5.74, 6) is -0.355. The standard InChI is InChI=1S/C11H13ClF3NO/c1-7-5-8(3-2-4-16)6-9(10(7)12)17-11(13,14)15/h5-6H,2-4,16H2,1H3. The van der Waals surface area contributed by atoms with E-state index < -0.39 is 6.36 Å². The van der Waals surface area contributed by atoms with Crippen LogP contribution >= 0.6 is 11.6 Å². The van der Waals surface area contributed by atoms with Crippen LogP contribution in [0.25, 0.3) is 0 Å². The highest BCUT2D eigenvalue weighted by atomic mass is 35.5. The molecule has 1 aromatic carbocycles. The third-order valence-electron chi connectivity index (χ3n) is 2.18. The second-order valence-electron chi connectivity index (χ2n) is 3.66. The normalized spacial score (nSPS) is 11.6. The van der Waals surface area contributed by atoms with Crippen molar-refractivity contribution in [3.63, 3.8) is 0 Å². The Morgan fingerprint density at radius 1 is 1.35 bits per heavy atom. The Hall–Kier alpha value is -0.940. The van der Waals surface area contributed by atoms with Gasteiger partial charge in [-0.2, -0.15) is 0 Å². The highest BCUT2D eigenvalue weighted by molar-refractivity contribution is 6.32. The van der Waals surface area contributed by atoms with Gasteiger partial charge in [-0.05, 0) is 43.5 Å². The van der Waals surface area contributed by atoms with Crippen LogP contribution in [-0.2, 0) is 6.42 Å². The number of ether oxygens (including phenoxy) is 1. The van der Waals surface area contributed by atoms with Crippen LogP contribution < -0.4 is 10.5 Å². The molecule has 96 valence electrons. The summed E-state index contributed by atoms with van der Waals surface area (Å²) < 4.78 is 40.3. The Labute approximate surface area is 103 Å². The summed E-state index contributed by atoms with van der Waals surface area (Å²) in [7, 11) is 0. The Morgan fingerprint density at radius 2 is 2.00 bits per heavy atom. The van der Waals surface area contributed by atoms with Gasteiger partial charge in [0.05, 0.1) is 5.02 Å². The number of alkyl halides is 3. The zero-order valence-corrected chi connectivity index (χ0v) is 10.0. The monoisotopic (exact) mass is 267 g/mol. The average molecular weight is 268 g/mol. The molecule has 0 spiro atoms. The van der Waals surface area contributed by atoms with Gasteiger partial charge in [0.1, 0.15) is 5.75 Å². The van der Waals surface area contributed by atoms with E-state index in [9.17, 15) is 13.2 Å². The van der Waals surface area contributed by atoms with Gasteiger partial charge in [0.2, 0.25) is 0 Å². The topological polar surface area (TPSA) is 35.2 Å². The zero-order chi connectivity index (χ0) is 13.1. The smallest absolute Gasteiger partial charge is 0.404 e. The number of benzene rings is 1. The molecular formula is C11H13ClF3NO. The molecule has 0 bridgehead atoms. The number of hydrogen-bond donors (Lipinski definition) is 1. The maximum atomic E-state index is 12.1. The fourth-order valence-electron chi connectivity index (χ4n) is 1.46. The van der Waals surface area contributed by atoms with Gasteiger partial charge in [-0.1, -0.05) is 17.7 Å². The molecule has 0 aliphatic carbocycles. The molecule has 0 aliphatic rings. The third kappa shape index (κ3) is 4.44. The summed E-state index contributed by atoms with van der Waals surface area (Å²) in [6.45, 7) is 2.12. The number of nitrogens with two attached hydrogens (primary N) is 1. The molecule has 0 heterocycles. The molecule has 0 atom stereocenters. The Morgan fingerprint density at radius 3 is 2.53 bits per heavy atom. The maximum absolute atomic E-state index is 12.1. The van der Waals surface area contributed by atoms with Crippen molar-refractivity contribution in [3.05, 3.63) is 28.3 Å². The Bertz CT molecular complexity index is 393. The first-order chi connectivity index (χ1) is 7.83. The van der Waals surface area contributed by atoms with Crippen LogP contribution in [0.1, 0.15) is 17.5 Å². The molecule has 0 radical (unpaired) electrons. The van der Waals surface area contributed by atoms with Crippen molar-refractivity contribution >= 4 is 11.6 Å². The lowest BCUT2D eigenvalue weighted by molar-refractivity contribution is -0.274. The summed E-state index contributed by atoms with van der Waals surface area (Å²) in [5, 5.41) is -0.0150. The fraction of sp³-hybridized carbons (Fsp3) is 0.455. The van der Waals surface area contributed by atoms with Crippen molar-refractivity contribution in [3.8, 4) is 5.75 Å². The molecule has 0 saturated carbocycles. The molecule has 0 fully saturated rings. The van der Waals surface area contributed by atoms with Crippen LogP contribution in [0, 0.1) is 6.92 Å². The van der Waals surface area contributed by atoms with E-state index in [1.165, 1.54) is 6.07 Å². The van der Waals surface area contributed by atoms with Crippen LogP contribution in [0.15, 0.2) is 12.1 Å². The minimum atomic E-state index is -4.73. The number of rotatable bonds is 4. The van der Waals surface area contributed by atoms with Crippen molar-refractivity contribution in [1.82, 2.24) is 0 Å². The molecular weight excluding hydrogens is 255 g/mol. The molecule has 0 saturated heterocycles. The first kappa shape index (κ1) is 14.1. The quantitative estimate of drug-likeness (QED) is 0.907. The number of aryl methyl sites for hydroxylation is 2. The van der Waals surface area contributed by atoms with Gasteiger partial charge >= 0.3 is 6.36 Å². The number of hydrogen-bond acceptors (Lipinski definition) is 2. The highest BCUT2D eigenvalue weighted by Gasteiger charge is 2.32. The van der Waals surface area contributed by atoms with E-state index in [2.05, 4.69) is 4.74 Å². The first-order valence-electron chi connectivity index (χ1n) is 5.08. The van der Waals surface area contributed by atoms with Crippen molar-refractivity contribution < 1.29 is 17.9 Å². The van der Waals surface area contributed by atoms with Gasteiger partial charge in [-0.3, -0.25) is 0 Å². The fourth-order valence-corrected chi connectivity index (χ4v) is 1.61. The van der Waals surface area contributed by atoms with E-state index in [1.54, 1.807) is 13.0 Å². The van der Waals surface area contributed by atoms with Gasteiger partial charge in [0.15, 0.2) is 0 Å². The lowest BCUT2D eigenvalue weighted by atomic mass is 10.1. The summed E-state index contributed by atoms with van der Waals surface area (Å²) in [6.07, 6.45) is -3.43. The van der Waals surface area contributed by atoms with Gasteiger partial charge in [-0.15, -0.1) is 13.2 Å². The molecule has 2 nitrogen and oxygen atoms in total. The summed E-state index contributed by atoms with van der Waals surface area (Å²) >= 11 is 5.76. The van der Waals surface area contributed by atoms with Gasteiger partial charge in [0.25, 0.3) is 0 Å². The van der Waals surface area contributed by atoms with Crippen LogP contribution in [-0.4, -0.2) is 12.9 Å². The molecule has 0 amide bonds. The van der Waals surface area contributed by atoms with Crippen LogP contribution in [0.2, 0.25) is 5.02 Å². The van der Waals surface area contributed by atoms with Crippen LogP contribution in [0.5, 0.6) is 5.75 Å². The second kappa shape index (κ2) is 5.60. The third-order valence-corrected chi connectivity index (χ3v) is 2.66. The predicted molar refractivity (Wildman–Crippen MR) is 60.2 cm³/mol. The summed E-state index contributed by atoms with van der Waals surface area (Å²) in [5.41, 5.74) is 6.64. The van der Waals surface area contributed by atoms with Crippen molar-refractivity contribution in [2.45, 2.75) is 26.1 Å². The van der Waals surface area contributed by atoms with E-state index >= 15 is 0 Å². The molecule has 1 aromatic rings. The van der Waals surface area contributed by atoms with Crippen LogP contribution in [0.4, 0.5) is 13.2 Å². The number of halogens is 4. The van der Waals surface area contributed by atoms with Crippen molar-refractivity contribution in [2.75, 3.05) is 6.54 Å².